The van der Waals surface area contributed by atoms with Crippen molar-refractivity contribution in [3.05, 3.63) is 24.6 Å². The number of hydrogen-bond donors (Lipinski definition) is 0. The van der Waals surface area contributed by atoms with Gasteiger partial charge in [-0.1, -0.05) is 37.6 Å². The lowest BCUT2D eigenvalue weighted by Gasteiger charge is -2.38. The summed E-state index contributed by atoms with van der Waals surface area (Å²) >= 11 is 0. The molecule has 21 heavy (non-hydrogen) atoms. The van der Waals surface area contributed by atoms with Crippen LogP contribution in [0.25, 0.3) is 0 Å². The Labute approximate surface area is 135 Å². The first-order valence-electron chi connectivity index (χ1n) is 7.88. The van der Waals surface area contributed by atoms with Crippen LogP contribution < -0.4 is 0 Å². The second-order valence-electron chi connectivity index (χ2n) is 6.52. The van der Waals surface area contributed by atoms with Crippen LogP contribution in [0, 0.1) is 0 Å². The average molecular weight is 347 g/mol. The predicted molar refractivity (Wildman–Crippen MR) is 99.2 cm³/mol. The topological polar surface area (TPSA) is 27.7 Å². The summed E-state index contributed by atoms with van der Waals surface area (Å²) in [6.07, 6.45) is 4.77. The highest BCUT2D eigenvalue weighted by Gasteiger charge is 2.47. The molecule has 0 atom stereocenters. The van der Waals surface area contributed by atoms with Crippen LogP contribution in [-0.4, -0.2) is 32.5 Å². The van der Waals surface area contributed by atoms with E-state index in [2.05, 4.69) is 46.3 Å². The molecule has 124 valence electrons. The van der Waals surface area contributed by atoms with E-state index in [0.717, 1.165) is 12.5 Å². The van der Waals surface area contributed by atoms with Gasteiger partial charge in [-0.05, 0) is 32.6 Å². The maximum atomic E-state index is 6.44. The van der Waals surface area contributed by atoms with E-state index in [-0.39, 0.29) is 0 Å². The molecule has 0 aliphatic rings. The van der Waals surface area contributed by atoms with Crippen LogP contribution in [0.3, 0.4) is 0 Å². The van der Waals surface area contributed by atoms with Gasteiger partial charge in [-0.2, -0.15) is 0 Å². The molecular weight excluding hydrogens is 312 g/mol. The second-order valence-corrected chi connectivity index (χ2v) is 17.7. The minimum absolute atomic E-state index is 0.887. The Morgan fingerprint density at radius 3 is 1.67 bits per heavy atom. The molecule has 0 bridgehead atoms. The first-order chi connectivity index (χ1) is 9.66. The predicted octanol–water partition coefficient (Wildman–Crippen LogP) is 5.05. The van der Waals surface area contributed by atoms with Crippen LogP contribution in [0.1, 0.15) is 32.6 Å². The zero-order valence-corrected chi connectivity index (χ0v) is 17.8. The number of rotatable bonds is 12. The molecule has 0 spiro atoms. The van der Waals surface area contributed by atoms with Gasteiger partial charge in [0, 0.05) is 13.2 Å². The Balaban J connectivity index is 5.08. The zero-order chi connectivity index (χ0) is 16.6. The van der Waals surface area contributed by atoms with Gasteiger partial charge in [0.1, 0.15) is 0 Å². The fourth-order valence-corrected chi connectivity index (χ4v) is 12.0. The molecule has 0 N–H and O–H groups in total. The van der Waals surface area contributed by atoms with Gasteiger partial charge in [0.15, 0.2) is 0 Å². The molecule has 0 aromatic rings. The van der Waals surface area contributed by atoms with Crippen molar-refractivity contribution in [3.63, 3.8) is 0 Å². The third kappa shape index (κ3) is 8.27. The molecule has 0 fully saturated rings. The molecule has 6 heteroatoms. The van der Waals surface area contributed by atoms with Gasteiger partial charge in [-0.15, -0.1) is 13.2 Å². The van der Waals surface area contributed by atoms with E-state index in [4.69, 9.17) is 12.7 Å². The third-order valence-electron chi connectivity index (χ3n) is 3.47. The summed E-state index contributed by atoms with van der Waals surface area (Å²) in [4.78, 5) is 0. The summed E-state index contributed by atoms with van der Waals surface area (Å²) < 4.78 is 18.7. The van der Waals surface area contributed by atoms with Crippen molar-refractivity contribution in [2.24, 2.45) is 0 Å². The Hall–Kier alpha value is 0.0106. The summed E-state index contributed by atoms with van der Waals surface area (Å²) in [5, 5.41) is 0. The molecular formula is C15H34O3Si3. The molecule has 0 aliphatic heterocycles. The highest BCUT2D eigenvalue weighted by atomic mass is 28.5. The number of unbranched alkanes of at least 4 members (excludes halogenated alkanes) is 3. The molecule has 0 aromatic carbocycles. The van der Waals surface area contributed by atoms with Gasteiger partial charge in [0.05, 0.1) is 0 Å². The Morgan fingerprint density at radius 2 is 1.33 bits per heavy atom. The van der Waals surface area contributed by atoms with Gasteiger partial charge in [-0.3, -0.25) is 0 Å². The largest absolute Gasteiger partial charge is 0.480 e. The van der Waals surface area contributed by atoms with E-state index < -0.39 is 25.4 Å². The fourth-order valence-electron chi connectivity index (χ4n) is 1.96. The maximum absolute atomic E-state index is 6.44. The van der Waals surface area contributed by atoms with Crippen molar-refractivity contribution in [2.45, 2.75) is 64.8 Å². The van der Waals surface area contributed by atoms with Gasteiger partial charge >= 0.3 is 8.80 Å². The summed E-state index contributed by atoms with van der Waals surface area (Å²) in [5.74, 6) is 0. The van der Waals surface area contributed by atoms with E-state index in [1.54, 1.807) is 7.11 Å². The van der Waals surface area contributed by atoms with Crippen LogP contribution in [0.2, 0.25) is 32.2 Å². The van der Waals surface area contributed by atoms with Gasteiger partial charge in [-0.25, -0.2) is 0 Å². The van der Waals surface area contributed by atoms with E-state index in [0.29, 0.717) is 0 Å². The molecule has 0 rings (SSSR count). The highest BCUT2D eigenvalue weighted by Crippen LogP contribution is 2.27. The summed E-state index contributed by atoms with van der Waals surface area (Å²) in [6.45, 7) is 18.6. The Kier molecular flexibility index (Phi) is 9.22. The van der Waals surface area contributed by atoms with Crippen molar-refractivity contribution >= 4 is 25.4 Å². The number of hydrogen-bond acceptors (Lipinski definition) is 3. The standard InChI is InChI=1S/C15H34O3Si3/c1-9-12-13-14-15-21(16-4,17-19(5,6)10-2)18-20(7,8)11-3/h10-11H,2-3,9,12-15H2,1,4-8H3. The molecule has 0 heterocycles. The molecule has 0 amide bonds. The van der Waals surface area contributed by atoms with E-state index in [1.807, 2.05) is 11.4 Å². The molecule has 0 unspecified atom stereocenters. The first-order valence-corrected chi connectivity index (χ1v) is 15.8. The lowest BCUT2D eigenvalue weighted by atomic mass is 10.2. The van der Waals surface area contributed by atoms with Crippen molar-refractivity contribution in [2.75, 3.05) is 7.11 Å². The van der Waals surface area contributed by atoms with Crippen molar-refractivity contribution in [3.8, 4) is 0 Å². The smallest absolute Gasteiger partial charge is 0.412 e. The van der Waals surface area contributed by atoms with Crippen LogP contribution >= 0.6 is 0 Å². The SMILES string of the molecule is C=C[Si](C)(C)O[Si](CCCCCC)(OC)O[Si](C)(C)C=C. The summed E-state index contributed by atoms with van der Waals surface area (Å²) in [7, 11) is -4.82. The summed E-state index contributed by atoms with van der Waals surface area (Å²) in [5.41, 5.74) is 3.90. The highest BCUT2D eigenvalue weighted by molar-refractivity contribution is 6.89. The van der Waals surface area contributed by atoms with Gasteiger partial charge in [0.2, 0.25) is 16.6 Å². The lowest BCUT2D eigenvalue weighted by Crippen LogP contribution is -2.57. The molecule has 0 aliphatic carbocycles. The van der Waals surface area contributed by atoms with E-state index in [9.17, 15) is 0 Å². The van der Waals surface area contributed by atoms with E-state index in [1.165, 1.54) is 19.3 Å². The molecule has 0 saturated heterocycles. The fraction of sp³-hybridized carbons (Fsp3) is 0.733. The van der Waals surface area contributed by atoms with Crippen molar-refractivity contribution < 1.29 is 12.7 Å². The lowest BCUT2D eigenvalue weighted by molar-refractivity contribution is 0.199. The monoisotopic (exact) mass is 346 g/mol. The Morgan fingerprint density at radius 1 is 0.857 bits per heavy atom. The quantitative estimate of drug-likeness (QED) is 0.366. The Bertz CT molecular complexity index is 308. The van der Waals surface area contributed by atoms with Crippen LogP contribution in [-0.2, 0) is 12.7 Å². The summed E-state index contributed by atoms with van der Waals surface area (Å²) in [6, 6.07) is 0.887. The second kappa shape index (κ2) is 9.22. The third-order valence-corrected chi connectivity index (χ3v) is 13.7. The van der Waals surface area contributed by atoms with Crippen LogP contribution in [0.15, 0.2) is 24.6 Å². The van der Waals surface area contributed by atoms with E-state index >= 15 is 0 Å². The van der Waals surface area contributed by atoms with Crippen LogP contribution in [0.5, 0.6) is 0 Å². The zero-order valence-electron chi connectivity index (χ0n) is 14.8. The van der Waals surface area contributed by atoms with Crippen molar-refractivity contribution in [1.82, 2.24) is 0 Å². The van der Waals surface area contributed by atoms with Crippen molar-refractivity contribution in [1.29, 1.82) is 0 Å². The average Bonchev–Trinajstić information content (AvgIpc) is 2.42. The first kappa shape index (κ1) is 21.0. The molecule has 3 nitrogen and oxygen atoms in total. The molecule has 0 aromatic heterocycles. The van der Waals surface area contributed by atoms with Gasteiger partial charge < -0.3 is 12.7 Å². The molecule has 0 saturated carbocycles. The minimum Gasteiger partial charge on any atom is -0.412 e. The minimum atomic E-state index is -2.65. The normalized spacial score (nSPS) is 13.2. The van der Waals surface area contributed by atoms with Crippen LogP contribution in [0.4, 0.5) is 0 Å². The van der Waals surface area contributed by atoms with Gasteiger partial charge in [0.25, 0.3) is 0 Å². The maximum Gasteiger partial charge on any atom is 0.480 e. The molecule has 0 radical (unpaired) electrons.